The minimum Gasteiger partial charge on any atom is -0.338 e. The molecule has 0 saturated heterocycles. The lowest BCUT2D eigenvalue weighted by Crippen LogP contribution is -2.30. The third kappa shape index (κ3) is 4.80. The summed E-state index contributed by atoms with van der Waals surface area (Å²) < 4.78 is 0. The van der Waals surface area contributed by atoms with E-state index in [1.807, 2.05) is 38.1 Å². The third-order valence-electron chi connectivity index (χ3n) is 5.91. The highest BCUT2D eigenvalue weighted by Crippen LogP contribution is 2.35. The number of para-hydroxylation sites is 1. The van der Waals surface area contributed by atoms with Gasteiger partial charge in [0.2, 0.25) is 0 Å². The lowest BCUT2D eigenvalue weighted by Gasteiger charge is -2.17. The monoisotopic (exact) mass is 536 g/mol. The van der Waals surface area contributed by atoms with E-state index in [4.69, 9.17) is 28.2 Å². The van der Waals surface area contributed by atoms with E-state index in [9.17, 15) is 14.9 Å². The van der Waals surface area contributed by atoms with E-state index < -0.39 is 5.91 Å². The first kappa shape index (κ1) is 25.6. The molecule has 0 atom stereocenters. The van der Waals surface area contributed by atoms with Crippen LogP contribution in [0, 0.1) is 18.3 Å². The van der Waals surface area contributed by atoms with E-state index in [1.54, 1.807) is 36.1 Å². The lowest BCUT2D eigenvalue weighted by atomic mass is 10.0. The van der Waals surface area contributed by atoms with Crippen LogP contribution in [0.25, 0.3) is 22.2 Å². The third-order valence-corrected chi connectivity index (χ3v) is 7.84. The minimum absolute atomic E-state index is 0.157. The number of hydrogen-bond donors (Lipinski definition) is 1. The maximum absolute atomic E-state index is 13.6. The van der Waals surface area contributed by atoms with Crippen molar-refractivity contribution in [2.45, 2.75) is 20.8 Å². The van der Waals surface area contributed by atoms with Gasteiger partial charge in [0.25, 0.3) is 11.8 Å². The maximum atomic E-state index is 13.6. The van der Waals surface area contributed by atoms with Gasteiger partial charge in [0, 0.05) is 24.0 Å². The summed E-state index contributed by atoms with van der Waals surface area (Å²) in [4.78, 5) is 33.4. The van der Waals surface area contributed by atoms with Gasteiger partial charge in [-0.05, 0) is 50.6 Å². The molecule has 0 radical (unpaired) electrons. The summed E-state index contributed by atoms with van der Waals surface area (Å²) >= 11 is 13.4. The molecule has 2 aromatic heterocycles. The summed E-state index contributed by atoms with van der Waals surface area (Å²) in [7, 11) is 0. The van der Waals surface area contributed by atoms with Crippen LogP contribution in [0.3, 0.4) is 0 Å². The zero-order valence-electron chi connectivity index (χ0n) is 19.9. The Morgan fingerprint density at radius 2 is 1.81 bits per heavy atom. The molecule has 1 N–H and O–H groups in total. The number of halogens is 2. The molecule has 0 saturated carbocycles. The van der Waals surface area contributed by atoms with Gasteiger partial charge < -0.3 is 10.2 Å². The first-order chi connectivity index (χ1) is 17.3. The number of rotatable bonds is 6. The Kier molecular flexibility index (Phi) is 7.60. The van der Waals surface area contributed by atoms with Crippen molar-refractivity contribution in [3.8, 4) is 17.3 Å². The fraction of sp³-hybridized carbons (Fsp3) is 0.185. The molecule has 2 heterocycles. The van der Waals surface area contributed by atoms with Crippen molar-refractivity contribution in [1.82, 2.24) is 9.88 Å². The molecule has 0 aliphatic rings. The Bertz CT molecular complexity index is 1540. The number of hydrogen-bond acceptors (Lipinski definition) is 5. The standard InChI is InChI=1S/C27H22Cl2N4O2S/c1-4-33(5-2)27(35)24-15(3)19(14-30)26(36-24)32-25(34)18-13-23(16-10-11-20(28)21(29)12-16)31-22-9-7-6-8-17(18)22/h6-13H,4-5H2,1-3H3,(H,32,34). The molecule has 6 nitrogen and oxygen atoms in total. The summed E-state index contributed by atoms with van der Waals surface area (Å²) in [6.07, 6.45) is 0. The Morgan fingerprint density at radius 1 is 1.08 bits per heavy atom. The van der Waals surface area contributed by atoms with Gasteiger partial charge in [-0.1, -0.05) is 47.5 Å². The number of fused-ring (bicyclic) bond motifs is 1. The number of carbonyl (C=O) groups excluding carboxylic acids is 2. The highest BCUT2D eigenvalue weighted by Gasteiger charge is 2.25. The molecular formula is C27H22Cl2N4O2S. The zero-order chi connectivity index (χ0) is 26.0. The molecule has 0 aliphatic heterocycles. The van der Waals surface area contributed by atoms with Gasteiger partial charge in [0.15, 0.2) is 0 Å². The second-order valence-corrected chi connectivity index (χ2v) is 9.84. The summed E-state index contributed by atoms with van der Waals surface area (Å²) in [6, 6.07) is 16.3. The predicted octanol–water partition coefficient (Wildman–Crippen LogP) is 7.18. The van der Waals surface area contributed by atoms with Gasteiger partial charge in [-0.3, -0.25) is 9.59 Å². The van der Waals surface area contributed by atoms with E-state index in [-0.39, 0.29) is 11.5 Å². The average Bonchev–Trinajstić information content (AvgIpc) is 3.20. The number of carbonyl (C=O) groups is 2. The fourth-order valence-corrected chi connectivity index (χ4v) is 5.35. The van der Waals surface area contributed by atoms with Gasteiger partial charge in [-0.2, -0.15) is 5.26 Å². The molecule has 0 bridgehead atoms. The SMILES string of the molecule is CCN(CC)C(=O)c1sc(NC(=O)c2cc(-c3ccc(Cl)c(Cl)c3)nc3ccccc23)c(C#N)c1C. The first-order valence-electron chi connectivity index (χ1n) is 11.3. The van der Waals surface area contributed by atoms with Crippen molar-refractivity contribution < 1.29 is 9.59 Å². The molecule has 182 valence electrons. The summed E-state index contributed by atoms with van der Waals surface area (Å²) in [5.41, 5.74) is 3.12. The summed E-state index contributed by atoms with van der Waals surface area (Å²) in [6.45, 7) is 6.63. The van der Waals surface area contributed by atoms with E-state index in [0.717, 1.165) is 11.3 Å². The van der Waals surface area contributed by atoms with Crippen LogP contribution in [0.2, 0.25) is 10.0 Å². The van der Waals surface area contributed by atoms with Crippen LogP contribution in [0.5, 0.6) is 0 Å². The van der Waals surface area contributed by atoms with E-state index in [1.165, 1.54) is 0 Å². The maximum Gasteiger partial charge on any atom is 0.264 e. The highest BCUT2D eigenvalue weighted by atomic mass is 35.5. The Balaban J connectivity index is 1.78. The molecule has 2 aromatic carbocycles. The number of amides is 2. The fourth-order valence-electron chi connectivity index (χ4n) is 3.93. The van der Waals surface area contributed by atoms with Crippen molar-refractivity contribution in [3.05, 3.63) is 80.1 Å². The van der Waals surface area contributed by atoms with Gasteiger partial charge in [0.1, 0.15) is 11.1 Å². The molecule has 36 heavy (non-hydrogen) atoms. The number of aromatic nitrogens is 1. The molecule has 0 unspecified atom stereocenters. The zero-order valence-corrected chi connectivity index (χ0v) is 22.2. The van der Waals surface area contributed by atoms with Gasteiger partial charge in [0.05, 0.1) is 37.3 Å². The number of anilines is 1. The first-order valence-corrected chi connectivity index (χ1v) is 12.9. The Hall–Kier alpha value is -3.44. The van der Waals surface area contributed by atoms with E-state index >= 15 is 0 Å². The van der Waals surface area contributed by atoms with Crippen LogP contribution in [0.1, 0.15) is 45.0 Å². The van der Waals surface area contributed by atoms with Crippen LogP contribution in [0.4, 0.5) is 5.00 Å². The number of nitrogens with zero attached hydrogens (tertiary/aromatic N) is 3. The smallest absolute Gasteiger partial charge is 0.264 e. The molecule has 0 fully saturated rings. The van der Waals surface area contributed by atoms with E-state index in [0.29, 0.717) is 66.3 Å². The van der Waals surface area contributed by atoms with Crippen molar-refractivity contribution >= 4 is 62.3 Å². The Morgan fingerprint density at radius 3 is 2.47 bits per heavy atom. The minimum atomic E-state index is -0.408. The number of benzene rings is 2. The number of nitriles is 1. The average molecular weight is 537 g/mol. The second-order valence-electron chi connectivity index (χ2n) is 8.00. The molecular weight excluding hydrogens is 515 g/mol. The molecule has 0 spiro atoms. The van der Waals surface area contributed by atoms with Crippen molar-refractivity contribution in [1.29, 1.82) is 5.26 Å². The lowest BCUT2D eigenvalue weighted by molar-refractivity contribution is 0.0777. The number of thiophene rings is 1. The molecule has 4 rings (SSSR count). The second kappa shape index (κ2) is 10.7. The van der Waals surface area contributed by atoms with Crippen LogP contribution < -0.4 is 5.32 Å². The molecule has 0 aliphatic carbocycles. The summed E-state index contributed by atoms with van der Waals surface area (Å²) in [5, 5.41) is 14.5. The molecule has 9 heteroatoms. The number of pyridine rings is 1. The number of nitrogens with one attached hydrogen (secondary N) is 1. The van der Waals surface area contributed by atoms with Gasteiger partial charge in [-0.15, -0.1) is 11.3 Å². The largest absolute Gasteiger partial charge is 0.338 e. The topological polar surface area (TPSA) is 86.1 Å². The van der Waals surface area contributed by atoms with Crippen LogP contribution in [0.15, 0.2) is 48.5 Å². The molecule has 2 amide bonds. The van der Waals surface area contributed by atoms with Crippen LogP contribution in [-0.4, -0.2) is 34.8 Å². The highest BCUT2D eigenvalue weighted by molar-refractivity contribution is 7.18. The van der Waals surface area contributed by atoms with Crippen molar-refractivity contribution in [2.24, 2.45) is 0 Å². The van der Waals surface area contributed by atoms with Crippen LogP contribution >= 0.6 is 34.5 Å². The summed E-state index contributed by atoms with van der Waals surface area (Å²) in [5.74, 6) is -0.565. The van der Waals surface area contributed by atoms with Gasteiger partial charge >= 0.3 is 0 Å². The van der Waals surface area contributed by atoms with Crippen LogP contribution in [-0.2, 0) is 0 Å². The van der Waals surface area contributed by atoms with Gasteiger partial charge in [-0.25, -0.2) is 4.98 Å². The van der Waals surface area contributed by atoms with Crippen molar-refractivity contribution in [2.75, 3.05) is 18.4 Å². The quantitative estimate of drug-likeness (QED) is 0.282. The van der Waals surface area contributed by atoms with Crippen molar-refractivity contribution in [3.63, 3.8) is 0 Å². The van der Waals surface area contributed by atoms with E-state index in [2.05, 4.69) is 11.4 Å². The normalized spacial score (nSPS) is 10.8. The Labute approximate surface area is 223 Å². The molecule has 4 aromatic rings. The predicted molar refractivity (Wildman–Crippen MR) is 146 cm³/mol.